The van der Waals surface area contributed by atoms with Crippen molar-refractivity contribution in [1.82, 2.24) is 103 Å². The molecule has 5 aromatic carbocycles. The van der Waals surface area contributed by atoms with Gasteiger partial charge in [-0.2, -0.15) is 51.3 Å². The van der Waals surface area contributed by atoms with E-state index in [2.05, 4.69) is 167 Å². The van der Waals surface area contributed by atoms with E-state index in [1.807, 2.05) is 95.4 Å². The van der Waals surface area contributed by atoms with Gasteiger partial charge in [-0.25, -0.2) is 9.59 Å². The SMILES string of the molecule is CC(=O)N1CCc2c(c(N3CCCc4cc(-c5cnn(C)c5)ccc43)nn2C2CCOCC2)C1.CC(=O)N1CCc2c(c(N3C[C@@H](c4ccccc4)Cc4cc(-c5cnn(C)c5)ccc43)nn2[C@H]2CCOC2)C1.CNC(=O)N1CCc2c(c(N3CCCc4cc(-c5cnn(C)c5)c(C#N)cc43)nn2C2CCOCC2)C1.Cn1cc(-c2cc3c(cc2C#N)N(c2nn(C4CCOCC4)c4c2CN(C(N)=O)CC4)CCC3)cn1. The highest BCUT2D eigenvalue weighted by atomic mass is 16.5. The molecular weight excluding hydrogens is 1840 g/mol. The molecule has 8 aromatic heterocycles. The second kappa shape index (κ2) is 41.4. The van der Waals surface area contributed by atoms with Crippen molar-refractivity contribution in [3.05, 3.63) is 225 Å². The number of urea groups is 2. The monoisotopic (exact) mass is 1970 g/mol. The lowest BCUT2D eigenvalue weighted by molar-refractivity contribution is -0.130. The first-order valence-corrected chi connectivity index (χ1v) is 52.0. The Balaban J connectivity index is 0.000000111. The molecule has 6 amide bonds. The molecule has 3 N–H and O–H groups in total. The van der Waals surface area contributed by atoms with E-state index >= 15 is 0 Å². The predicted molar refractivity (Wildman–Crippen MR) is 552 cm³/mol. The Morgan fingerprint density at radius 2 is 0.753 bits per heavy atom. The fourth-order valence-corrected chi connectivity index (χ4v) is 24.0. The zero-order valence-corrected chi connectivity index (χ0v) is 84.5. The summed E-state index contributed by atoms with van der Waals surface area (Å²) in [5.74, 6) is 4.38. The first kappa shape index (κ1) is 96.1. The molecule has 0 bridgehead atoms. The smallest absolute Gasteiger partial charge is 0.317 e. The normalized spacial score (nSPS) is 18.8. The topological polar surface area (TPSA) is 359 Å². The maximum atomic E-state index is 12.5. The lowest BCUT2D eigenvalue weighted by Crippen LogP contribution is -2.42. The van der Waals surface area contributed by atoms with Crippen LogP contribution in [0.1, 0.15) is 192 Å². The van der Waals surface area contributed by atoms with Crippen LogP contribution in [-0.2, 0) is 134 Å². The number of benzene rings is 5. The summed E-state index contributed by atoms with van der Waals surface area (Å²) in [6, 6.07) is 38.1. The van der Waals surface area contributed by atoms with Gasteiger partial charge in [-0.1, -0.05) is 42.5 Å². The predicted octanol–water partition coefficient (Wildman–Crippen LogP) is 14.6. The summed E-state index contributed by atoms with van der Waals surface area (Å²) in [7, 11) is 9.34. The summed E-state index contributed by atoms with van der Waals surface area (Å²) in [6.07, 6.45) is 32.3. The highest BCUT2D eigenvalue weighted by molar-refractivity contribution is 5.84. The molecule has 25 rings (SSSR count). The van der Waals surface area contributed by atoms with Gasteiger partial charge >= 0.3 is 12.1 Å². The highest BCUT2D eigenvalue weighted by Crippen LogP contribution is 2.50. The second-order valence-corrected chi connectivity index (χ2v) is 40.7. The Morgan fingerprint density at radius 1 is 0.390 bits per heavy atom. The number of anilines is 8. The fraction of sp³-hybridized carbons (Fsp3) is 0.455. The number of aryl methyl sites for hydroxylation is 7. The number of nitrogens with zero attached hydrogens (tertiary/aromatic N) is 26. The summed E-state index contributed by atoms with van der Waals surface area (Å²) in [6.45, 7) is 17.7. The quantitative estimate of drug-likeness (QED) is 0.108. The fourth-order valence-electron chi connectivity index (χ4n) is 24.0. The molecule has 4 fully saturated rings. The minimum Gasteiger partial charge on any atom is -0.381 e. The molecule has 13 aromatic rings. The van der Waals surface area contributed by atoms with E-state index in [0.717, 1.165) is 280 Å². The van der Waals surface area contributed by atoms with Crippen molar-refractivity contribution in [3.63, 3.8) is 0 Å². The molecule has 4 saturated heterocycles. The van der Waals surface area contributed by atoms with Crippen LogP contribution >= 0.6 is 0 Å². The molecule has 0 unspecified atom stereocenters. The Kier molecular flexibility index (Phi) is 27.3. The van der Waals surface area contributed by atoms with Gasteiger partial charge in [0, 0.05) is 305 Å². The first-order chi connectivity index (χ1) is 71.2. The number of ether oxygens (including phenoxy) is 4. The van der Waals surface area contributed by atoms with Gasteiger partial charge < -0.3 is 69.2 Å². The number of aromatic nitrogens is 16. The van der Waals surface area contributed by atoms with E-state index < -0.39 is 6.03 Å². The number of rotatable bonds is 13. The van der Waals surface area contributed by atoms with Gasteiger partial charge in [-0.15, -0.1) is 0 Å². The largest absolute Gasteiger partial charge is 0.381 e. The maximum Gasteiger partial charge on any atom is 0.317 e. The number of nitrogens with two attached hydrogens (primary N) is 1. The molecular formula is C110H128N28O8. The number of hydrogen-bond donors (Lipinski definition) is 2. The van der Waals surface area contributed by atoms with E-state index in [1.165, 1.54) is 84.2 Å². The molecule has 36 heteroatoms. The lowest BCUT2D eigenvalue weighted by Gasteiger charge is -2.37. The third-order valence-electron chi connectivity index (χ3n) is 31.6. The Bertz CT molecular complexity index is 7150. The average molecular weight is 1970 g/mol. The molecule has 2 atom stereocenters. The van der Waals surface area contributed by atoms with Crippen LogP contribution in [0.5, 0.6) is 0 Å². The van der Waals surface area contributed by atoms with Gasteiger partial charge in [0.1, 0.15) is 0 Å². The van der Waals surface area contributed by atoms with Gasteiger partial charge in [0.05, 0.1) is 105 Å². The summed E-state index contributed by atoms with van der Waals surface area (Å²) in [5, 5.41) is 61.2. The van der Waals surface area contributed by atoms with Crippen LogP contribution in [0.4, 0.5) is 55.6 Å². The van der Waals surface area contributed by atoms with Crippen molar-refractivity contribution in [2.24, 2.45) is 33.9 Å². The van der Waals surface area contributed by atoms with E-state index in [0.29, 0.717) is 75.0 Å². The van der Waals surface area contributed by atoms with Gasteiger partial charge in [0.2, 0.25) is 11.8 Å². The molecule has 0 radical (unpaired) electrons. The van der Waals surface area contributed by atoms with Crippen molar-refractivity contribution >= 4 is 69.9 Å². The third kappa shape index (κ3) is 19.0. The summed E-state index contributed by atoms with van der Waals surface area (Å²) < 4.78 is 38.7. The number of nitrogens with one attached hydrogen (secondary N) is 1. The number of carbonyl (C=O) groups is 4. The number of hydrogen-bond acceptors (Lipinski definition) is 22. The van der Waals surface area contributed by atoms with Crippen LogP contribution in [0.15, 0.2) is 141 Å². The number of amides is 6. The number of carbonyl (C=O) groups excluding carboxylic acids is 4. The van der Waals surface area contributed by atoms with E-state index in [1.54, 1.807) is 41.4 Å². The first-order valence-electron chi connectivity index (χ1n) is 52.0. The molecule has 146 heavy (non-hydrogen) atoms. The zero-order valence-electron chi connectivity index (χ0n) is 84.5. The molecule has 0 saturated carbocycles. The molecule has 12 aliphatic rings. The van der Waals surface area contributed by atoms with Crippen LogP contribution in [-0.4, -0.2) is 234 Å². The minimum atomic E-state index is -0.405. The Labute approximate surface area is 849 Å². The van der Waals surface area contributed by atoms with Crippen LogP contribution in [0.25, 0.3) is 44.5 Å². The van der Waals surface area contributed by atoms with Crippen molar-refractivity contribution in [2.75, 3.05) is 132 Å². The van der Waals surface area contributed by atoms with Crippen molar-refractivity contribution in [1.29, 1.82) is 10.5 Å². The number of primary amides is 1. The van der Waals surface area contributed by atoms with Crippen molar-refractivity contribution in [2.45, 2.75) is 186 Å². The third-order valence-corrected chi connectivity index (χ3v) is 31.6. The Morgan fingerprint density at radius 3 is 1.15 bits per heavy atom. The van der Waals surface area contributed by atoms with Crippen LogP contribution in [0, 0.1) is 22.7 Å². The number of fused-ring (bicyclic) bond motifs is 8. The highest BCUT2D eigenvalue weighted by Gasteiger charge is 2.42. The van der Waals surface area contributed by atoms with Crippen LogP contribution in [0.3, 0.4) is 0 Å². The standard InChI is InChI=1S/C31H34N6O2.C27H32N8O2.C26H30N8O2.C26H32N6O2/c1-21(38)35-12-10-30-28(19-35)31(33-37(30)27-11-13-39-20-27)36-18-25(22-6-4-3-5-7-22)15-24-14-23(8-9-29(24)36)26-16-32-34(2)17-26;1-29-27(36)33-9-5-24-23(17-33)26(31-35(24)21-6-10-37-11-7-21)34-8-3-4-18-12-22(19(14-28)13-25(18)34)20-15-30-32(2)16-20;1-31-15-19(14-29-31)21-11-17-3-2-7-33(24(17)12-18(21)13-27)25-22-16-32(26(28)35)8-4-23(22)34(30-25)20-5-9-36-10-6-20;1-18(33)30-11-7-25-23(17-30)26(28-32(25)22-8-12-34-13-9-22)31-10-3-4-20-14-19(5-6-24(20)31)21-15-27-29(2)16-21/h3-9,14,16-17,25,27H,10-13,15,18-20H2,1-2H3;12-13,15-16,21H,3-11,17H2,1-2H3,(H,29,36);11-12,14-15,20H,2-10,16H2,1H3,(H2,28,35);5-6,14-16,22H,3-4,7-13,17H2,1-2H3/t25-,27-;;;/m0.../s1. The van der Waals surface area contributed by atoms with Crippen LogP contribution in [0.2, 0.25) is 0 Å². The van der Waals surface area contributed by atoms with Crippen LogP contribution < -0.4 is 30.7 Å². The van der Waals surface area contributed by atoms with Crippen molar-refractivity contribution < 1.29 is 38.1 Å². The molecule has 36 nitrogen and oxygen atoms in total. The Hall–Kier alpha value is -14.7. The van der Waals surface area contributed by atoms with Gasteiger partial charge in [-0.05, 0) is 177 Å². The second-order valence-electron chi connectivity index (χ2n) is 40.7. The summed E-state index contributed by atoms with van der Waals surface area (Å²) >= 11 is 0. The molecule has 756 valence electrons. The summed E-state index contributed by atoms with van der Waals surface area (Å²) in [4.78, 5) is 66.1. The van der Waals surface area contributed by atoms with Gasteiger partial charge in [0.25, 0.3) is 0 Å². The minimum absolute atomic E-state index is 0.0673. The molecule has 12 aliphatic heterocycles. The molecule has 0 spiro atoms. The lowest BCUT2D eigenvalue weighted by atomic mass is 9.86. The molecule has 20 heterocycles. The zero-order chi connectivity index (χ0) is 100. The van der Waals surface area contributed by atoms with E-state index in [9.17, 15) is 29.7 Å². The number of nitriles is 2. The van der Waals surface area contributed by atoms with Gasteiger partial charge in [0.15, 0.2) is 23.3 Å². The van der Waals surface area contributed by atoms with E-state index in [-0.39, 0.29) is 29.9 Å². The molecule has 0 aliphatic carbocycles. The summed E-state index contributed by atoms with van der Waals surface area (Å²) in [5.41, 5.74) is 35.7. The van der Waals surface area contributed by atoms with Crippen molar-refractivity contribution in [3.8, 4) is 56.6 Å². The average Bonchev–Trinajstić information content (AvgIpc) is 1.57. The maximum absolute atomic E-state index is 12.5. The van der Waals surface area contributed by atoms with E-state index in [4.69, 9.17) is 45.1 Å². The van der Waals surface area contributed by atoms with Gasteiger partial charge in [-0.3, -0.25) is 47.0 Å².